The number of aldehydes is 1. The van der Waals surface area contributed by atoms with Crippen LogP contribution < -0.4 is 10.1 Å². The summed E-state index contributed by atoms with van der Waals surface area (Å²) in [6.07, 6.45) is 0.641. The molecule has 120 valence electrons. The molecule has 6 heteroatoms. The third-order valence-corrected chi connectivity index (χ3v) is 3.91. The molecule has 2 rings (SSSR count). The van der Waals surface area contributed by atoms with E-state index in [0.717, 1.165) is 21.3 Å². The highest BCUT2D eigenvalue weighted by molar-refractivity contribution is 9.10. The number of rotatable bonds is 5. The molecule has 0 aliphatic heterocycles. The molecule has 0 saturated carbocycles. The number of benzene rings is 2. The van der Waals surface area contributed by atoms with Crippen molar-refractivity contribution in [3.63, 3.8) is 0 Å². The van der Waals surface area contributed by atoms with E-state index >= 15 is 0 Å². The Morgan fingerprint density at radius 3 is 2.52 bits per heavy atom. The molecule has 0 aromatic heterocycles. The summed E-state index contributed by atoms with van der Waals surface area (Å²) in [6, 6.07) is 8.51. The van der Waals surface area contributed by atoms with Gasteiger partial charge in [-0.25, -0.2) is 0 Å². The van der Waals surface area contributed by atoms with Crippen molar-refractivity contribution < 1.29 is 14.3 Å². The Bertz CT molecular complexity index is 738. The van der Waals surface area contributed by atoms with Crippen molar-refractivity contribution >= 4 is 45.4 Å². The summed E-state index contributed by atoms with van der Waals surface area (Å²) < 4.78 is 6.37. The fourth-order valence-electron chi connectivity index (χ4n) is 2.17. The molecular formula is C17H15BrClNO3. The van der Waals surface area contributed by atoms with Crippen molar-refractivity contribution in [1.82, 2.24) is 0 Å². The first-order chi connectivity index (χ1) is 10.9. The summed E-state index contributed by atoms with van der Waals surface area (Å²) in [4.78, 5) is 23.1. The molecule has 1 N–H and O–H groups in total. The van der Waals surface area contributed by atoms with Gasteiger partial charge in [-0.05, 0) is 55.3 Å². The standard InChI is InChI=1S/C17H15BrClNO3/c1-10-5-13(18)6-11(2)17(10)20-16(22)9-23-15-4-3-14(19)7-12(15)8-21/h3-8H,9H2,1-2H3,(H,20,22). The maximum absolute atomic E-state index is 12.1. The molecule has 0 heterocycles. The lowest BCUT2D eigenvalue weighted by molar-refractivity contribution is -0.118. The number of ether oxygens (including phenoxy) is 1. The largest absolute Gasteiger partial charge is 0.483 e. The first-order valence-electron chi connectivity index (χ1n) is 6.85. The number of halogens is 2. The van der Waals surface area contributed by atoms with Gasteiger partial charge in [0, 0.05) is 15.2 Å². The Kier molecular flexibility index (Phi) is 5.80. The van der Waals surface area contributed by atoms with Crippen LogP contribution in [0.4, 0.5) is 5.69 Å². The van der Waals surface area contributed by atoms with Crippen LogP contribution in [0.25, 0.3) is 0 Å². The van der Waals surface area contributed by atoms with Gasteiger partial charge in [-0.2, -0.15) is 0 Å². The van der Waals surface area contributed by atoms with Gasteiger partial charge >= 0.3 is 0 Å². The Balaban J connectivity index is 2.05. The van der Waals surface area contributed by atoms with E-state index < -0.39 is 0 Å². The van der Waals surface area contributed by atoms with E-state index in [1.807, 2.05) is 26.0 Å². The van der Waals surface area contributed by atoms with E-state index in [1.54, 1.807) is 12.1 Å². The fraction of sp³-hybridized carbons (Fsp3) is 0.176. The van der Waals surface area contributed by atoms with Crippen LogP contribution in [0.15, 0.2) is 34.8 Å². The predicted octanol–water partition coefficient (Wildman–Crippen LogP) is 4.55. The maximum atomic E-state index is 12.1. The number of nitrogens with one attached hydrogen (secondary N) is 1. The van der Waals surface area contributed by atoms with Gasteiger partial charge in [0.15, 0.2) is 12.9 Å². The highest BCUT2D eigenvalue weighted by Gasteiger charge is 2.11. The van der Waals surface area contributed by atoms with Crippen molar-refractivity contribution in [1.29, 1.82) is 0 Å². The van der Waals surface area contributed by atoms with Crippen LogP contribution >= 0.6 is 27.5 Å². The zero-order chi connectivity index (χ0) is 17.0. The third-order valence-electron chi connectivity index (χ3n) is 3.22. The van der Waals surface area contributed by atoms with Gasteiger partial charge in [0.25, 0.3) is 5.91 Å². The van der Waals surface area contributed by atoms with Crippen LogP contribution in [0, 0.1) is 13.8 Å². The maximum Gasteiger partial charge on any atom is 0.262 e. The summed E-state index contributed by atoms with van der Waals surface area (Å²) in [5.74, 6) is 0.0223. The molecule has 1 amide bonds. The number of hydrogen-bond acceptors (Lipinski definition) is 3. The smallest absolute Gasteiger partial charge is 0.262 e. The van der Waals surface area contributed by atoms with Gasteiger partial charge in [-0.3, -0.25) is 9.59 Å². The van der Waals surface area contributed by atoms with Crippen LogP contribution in [0.1, 0.15) is 21.5 Å². The summed E-state index contributed by atoms with van der Waals surface area (Å²) >= 11 is 9.23. The van der Waals surface area contributed by atoms with Gasteiger partial charge < -0.3 is 10.1 Å². The molecule has 0 saturated heterocycles. The molecule has 2 aromatic carbocycles. The van der Waals surface area contributed by atoms with E-state index in [2.05, 4.69) is 21.2 Å². The zero-order valence-corrected chi connectivity index (χ0v) is 15.0. The average molecular weight is 397 g/mol. The minimum Gasteiger partial charge on any atom is -0.483 e. The lowest BCUT2D eigenvalue weighted by Crippen LogP contribution is -2.21. The topological polar surface area (TPSA) is 55.4 Å². The van der Waals surface area contributed by atoms with Crippen LogP contribution in [-0.2, 0) is 4.79 Å². The van der Waals surface area contributed by atoms with Crippen molar-refractivity contribution in [3.05, 3.63) is 56.5 Å². The van der Waals surface area contributed by atoms with E-state index in [9.17, 15) is 9.59 Å². The van der Waals surface area contributed by atoms with Gasteiger partial charge in [0.05, 0.1) is 5.56 Å². The van der Waals surface area contributed by atoms with E-state index in [0.29, 0.717) is 22.6 Å². The second kappa shape index (κ2) is 7.62. The number of amides is 1. The summed E-state index contributed by atoms with van der Waals surface area (Å²) in [7, 11) is 0. The molecule has 0 bridgehead atoms. The van der Waals surface area contributed by atoms with Crippen molar-refractivity contribution in [2.24, 2.45) is 0 Å². The third kappa shape index (κ3) is 4.56. The normalized spacial score (nSPS) is 10.3. The summed E-state index contributed by atoms with van der Waals surface area (Å²) in [5, 5.41) is 3.26. The SMILES string of the molecule is Cc1cc(Br)cc(C)c1NC(=O)COc1ccc(Cl)cc1C=O. The van der Waals surface area contributed by atoms with Crippen molar-refractivity contribution in [2.75, 3.05) is 11.9 Å². The first-order valence-corrected chi connectivity index (χ1v) is 8.02. The van der Waals surface area contributed by atoms with Crippen molar-refractivity contribution in [3.8, 4) is 5.75 Å². The van der Waals surface area contributed by atoms with Gasteiger partial charge in [-0.15, -0.1) is 0 Å². The highest BCUT2D eigenvalue weighted by Crippen LogP contribution is 2.25. The van der Waals surface area contributed by atoms with Gasteiger partial charge in [0.1, 0.15) is 5.75 Å². The zero-order valence-electron chi connectivity index (χ0n) is 12.7. The lowest BCUT2D eigenvalue weighted by atomic mass is 10.1. The molecule has 0 atom stereocenters. The molecule has 0 aliphatic rings. The van der Waals surface area contributed by atoms with Crippen LogP contribution in [0.3, 0.4) is 0 Å². The average Bonchev–Trinajstić information content (AvgIpc) is 2.49. The second-order valence-corrected chi connectivity index (χ2v) is 6.40. The monoisotopic (exact) mass is 395 g/mol. The molecule has 0 spiro atoms. The fourth-order valence-corrected chi connectivity index (χ4v) is 3.04. The molecule has 2 aromatic rings. The molecule has 0 unspecified atom stereocenters. The number of hydrogen-bond donors (Lipinski definition) is 1. The molecule has 0 aliphatic carbocycles. The number of aryl methyl sites for hydroxylation is 2. The Hall–Kier alpha value is -1.85. The Morgan fingerprint density at radius 1 is 1.26 bits per heavy atom. The number of carbonyl (C=O) groups excluding carboxylic acids is 2. The number of anilines is 1. The lowest BCUT2D eigenvalue weighted by Gasteiger charge is -2.13. The molecule has 0 radical (unpaired) electrons. The van der Waals surface area contributed by atoms with E-state index in [-0.39, 0.29) is 12.5 Å². The van der Waals surface area contributed by atoms with Crippen LogP contribution in [-0.4, -0.2) is 18.8 Å². The Morgan fingerprint density at radius 2 is 1.91 bits per heavy atom. The summed E-state index contributed by atoms with van der Waals surface area (Å²) in [6.45, 7) is 3.63. The van der Waals surface area contributed by atoms with Gasteiger partial charge in [0.2, 0.25) is 0 Å². The van der Waals surface area contributed by atoms with Gasteiger partial charge in [-0.1, -0.05) is 27.5 Å². The molecular weight excluding hydrogens is 382 g/mol. The quantitative estimate of drug-likeness (QED) is 0.754. The minimum absolute atomic E-state index is 0.197. The molecule has 4 nitrogen and oxygen atoms in total. The molecule has 0 fully saturated rings. The summed E-state index contributed by atoms with van der Waals surface area (Å²) in [5.41, 5.74) is 2.96. The predicted molar refractivity (Wildman–Crippen MR) is 94.6 cm³/mol. The van der Waals surface area contributed by atoms with E-state index in [1.165, 1.54) is 6.07 Å². The second-order valence-electron chi connectivity index (χ2n) is 5.05. The van der Waals surface area contributed by atoms with Crippen molar-refractivity contribution in [2.45, 2.75) is 13.8 Å². The minimum atomic E-state index is -0.301. The van der Waals surface area contributed by atoms with E-state index in [4.69, 9.17) is 16.3 Å². The Labute approximate surface area is 147 Å². The highest BCUT2D eigenvalue weighted by atomic mass is 79.9. The van der Waals surface area contributed by atoms with Crippen LogP contribution in [0.2, 0.25) is 5.02 Å². The van der Waals surface area contributed by atoms with Crippen LogP contribution in [0.5, 0.6) is 5.75 Å². The molecule has 23 heavy (non-hydrogen) atoms. The number of carbonyl (C=O) groups is 2. The first kappa shape index (κ1) is 17.5.